The van der Waals surface area contributed by atoms with Crippen molar-refractivity contribution in [1.29, 1.82) is 0 Å². The van der Waals surface area contributed by atoms with Gasteiger partial charge in [-0.15, -0.1) is 0 Å². The number of anilines is 2. The molecule has 0 atom stereocenters. The summed E-state index contributed by atoms with van der Waals surface area (Å²) in [6.07, 6.45) is 0. The molecule has 0 radical (unpaired) electrons. The standard InChI is InChI=1S/C10H13AsN2O5/c1-6(14)12-9-4-3-8(11(16,17)18)5-10(9)13-7(2)15/h3-5H,1-2H3,(H,12,14)(H,13,15)(H2,16,17,18). The first kappa shape index (κ1) is 14.5. The Balaban J connectivity index is 3.24. The predicted molar refractivity (Wildman–Crippen MR) is 65.6 cm³/mol. The van der Waals surface area contributed by atoms with E-state index in [2.05, 4.69) is 10.6 Å². The van der Waals surface area contributed by atoms with Crippen LogP contribution in [0.3, 0.4) is 0 Å². The van der Waals surface area contributed by atoms with E-state index in [1.807, 2.05) is 0 Å². The van der Waals surface area contributed by atoms with Crippen LogP contribution in [-0.2, 0) is 13.3 Å². The van der Waals surface area contributed by atoms with Crippen molar-refractivity contribution in [3.63, 3.8) is 0 Å². The Morgan fingerprint density at radius 1 is 1.06 bits per heavy atom. The van der Waals surface area contributed by atoms with Crippen LogP contribution < -0.4 is 15.0 Å². The molecule has 18 heavy (non-hydrogen) atoms. The van der Waals surface area contributed by atoms with Crippen LogP contribution >= 0.6 is 0 Å². The van der Waals surface area contributed by atoms with E-state index in [-0.39, 0.29) is 21.6 Å². The molecule has 98 valence electrons. The van der Waals surface area contributed by atoms with E-state index >= 15 is 0 Å². The third-order valence-electron chi connectivity index (χ3n) is 1.96. The Hall–Kier alpha value is -1.56. The Labute approximate surface area is 106 Å². The fraction of sp³-hybridized carbons (Fsp3) is 0.200. The van der Waals surface area contributed by atoms with Gasteiger partial charge in [0.05, 0.1) is 0 Å². The zero-order chi connectivity index (χ0) is 13.9. The van der Waals surface area contributed by atoms with E-state index in [1.54, 1.807) is 0 Å². The van der Waals surface area contributed by atoms with Crippen LogP contribution in [0.1, 0.15) is 13.8 Å². The van der Waals surface area contributed by atoms with E-state index < -0.39 is 20.1 Å². The van der Waals surface area contributed by atoms with Crippen LogP contribution in [0.25, 0.3) is 0 Å². The Bertz CT molecular complexity index is 537. The second-order valence-electron chi connectivity index (χ2n) is 3.64. The summed E-state index contributed by atoms with van der Waals surface area (Å²) < 4.78 is 29.2. The van der Waals surface area contributed by atoms with Gasteiger partial charge >= 0.3 is 106 Å². The molecule has 0 fully saturated rings. The SMILES string of the molecule is CC(=O)Nc1ccc([As](=O)(O)O)cc1NC(C)=O. The number of carbonyl (C=O) groups excluding carboxylic acids is 2. The molecule has 0 saturated carbocycles. The number of benzene rings is 1. The molecule has 0 unspecified atom stereocenters. The first-order valence-corrected chi connectivity index (χ1v) is 8.34. The maximum atomic E-state index is 11.2. The van der Waals surface area contributed by atoms with Gasteiger partial charge < -0.3 is 0 Å². The molecule has 1 aromatic rings. The molecule has 2 amide bonds. The average molecular weight is 316 g/mol. The van der Waals surface area contributed by atoms with E-state index in [9.17, 15) is 13.3 Å². The molecule has 0 spiro atoms. The Morgan fingerprint density at radius 3 is 2.00 bits per heavy atom. The van der Waals surface area contributed by atoms with Gasteiger partial charge in [0.25, 0.3) is 0 Å². The molecule has 0 aliphatic rings. The number of amides is 2. The van der Waals surface area contributed by atoms with Crippen molar-refractivity contribution < 1.29 is 21.5 Å². The number of carbonyl (C=O) groups is 2. The van der Waals surface area contributed by atoms with Gasteiger partial charge in [-0.25, -0.2) is 0 Å². The molecule has 0 aliphatic carbocycles. The zero-order valence-electron chi connectivity index (χ0n) is 9.80. The van der Waals surface area contributed by atoms with E-state index in [4.69, 9.17) is 8.19 Å². The second kappa shape index (κ2) is 5.39. The fourth-order valence-electron chi connectivity index (χ4n) is 1.31. The van der Waals surface area contributed by atoms with Gasteiger partial charge in [0, 0.05) is 0 Å². The molecule has 0 saturated heterocycles. The number of nitrogens with one attached hydrogen (secondary N) is 2. The van der Waals surface area contributed by atoms with Crippen molar-refractivity contribution in [3.8, 4) is 0 Å². The van der Waals surface area contributed by atoms with Crippen molar-refractivity contribution >= 4 is 41.7 Å². The third-order valence-corrected chi connectivity index (χ3v) is 3.96. The zero-order valence-corrected chi connectivity index (χ0v) is 11.7. The van der Waals surface area contributed by atoms with Gasteiger partial charge in [0.15, 0.2) is 0 Å². The van der Waals surface area contributed by atoms with Gasteiger partial charge in [0.2, 0.25) is 0 Å². The van der Waals surface area contributed by atoms with Crippen molar-refractivity contribution in [2.24, 2.45) is 0 Å². The monoisotopic (exact) mass is 316 g/mol. The second-order valence-corrected chi connectivity index (χ2v) is 7.00. The summed E-state index contributed by atoms with van der Waals surface area (Å²) >= 11 is -5.03. The van der Waals surface area contributed by atoms with Crippen molar-refractivity contribution in [2.75, 3.05) is 10.6 Å². The first-order valence-electron chi connectivity index (χ1n) is 4.95. The summed E-state index contributed by atoms with van der Waals surface area (Å²) in [4.78, 5) is 22.0. The fourth-order valence-corrected chi connectivity index (χ4v) is 2.49. The molecule has 0 bridgehead atoms. The summed E-state index contributed by atoms with van der Waals surface area (Å²) in [6, 6.07) is 3.71. The van der Waals surface area contributed by atoms with Crippen LogP contribution in [0.15, 0.2) is 18.2 Å². The normalized spacial score (nSPS) is 10.9. The van der Waals surface area contributed by atoms with Gasteiger partial charge in [-0.2, -0.15) is 0 Å². The molecular weight excluding hydrogens is 303 g/mol. The summed E-state index contributed by atoms with van der Waals surface area (Å²) in [6.45, 7) is 2.55. The predicted octanol–water partition coefficient (Wildman–Crippen LogP) is -0.836. The molecule has 4 N–H and O–H groups in total. The van der Waals surface area contributed by atoms with Crippen molar-refractivity contribution in [2.45, 2.75) is 13.8 Å². The van der Waals surface area contributed by atoms with Gasteiger partial charge in [0.1, 0.15) is 0 Å². The molecule has 7 nitrogen and oxygen atoms in total. The minimum atomic E-state index is -5.03. The molecule has 0 heterocycles. The van der Waals surface area contributed by atoms with E-state index in [0.29, 0.717) is 0 Å². The van der Waals surface area contributed by atoms with Crippen LogP contribution in [-0.4, -0.2) is 34.2 Å². The summed E-state index contributed by atoms with van der Waals surface area (Å²) in [5.74, 6) is -0.757. The Kier molecular flexibility index (Phi) is 4.34. The average Bonchev–Trinajstić information content (AvgIpc) is 2.17. The molecule has 8 heteroatoms. The van der Waals surface area contributed by atoms with Crippen LogP contribution in [0, 0.1) is 0 Å². The molecule has 0 aromatic heterocycles. The summed E-state index contributed by atoms with van der Waals surface area (Å²) in [5, 5.41) is 4.86. The minimum absolute atomic E-state index is 0.153. The van der Waals surface area contributed by atoms with E-state index in [1.165, 1.54) is 26.0 Å². The van der Waals surface area contributed by atoms with Gasteiger partial charge in [-0.1, -0.05) is 0 Å². The molecular formula is C10H13AsN2O5. The summed E-state index contributed by atoms with van der Waals surface area (Å²) in [5.41, 5.74) is 0.435. The topological polar surface area (TPSA) is 116 Å². The van der Waals surface area contributed by atoms with E-state index in [0.717, 1.165) is 6.07 Å². The number of rotatable bonds is 3. The van der Waals surface area contributed by atoms with Gasteiger partial charge in [-0.3, -0.25) is 0 Å². The number of hydrogen-bond donors (Lipinski definition) is 4. The Morgan fingerprint density at radius 2 is 1.56 bits per heavy atom. The van der Waals surface area contributed by atoms with Crippen LogP contribution in [0.2, 0.25) is 0 Å². The molecule has 0 aliphatic heterocycles. The van der Waals surface area contributed by atoms with Crippen LogP contribution in [0.4, 0.5) is 11.4 Å². The maximum absolute atomic E-state index is 11.2. The molecule has 1 aromatic carbocycles. The summed E-state index contributed by atoms with van der Waals surface area (Å²) in [7, 11) is 0. The first-order chi connectivity index (χ1) is 8.20. The van der Waals surface area contributed by atoms with Gasteiger partial charge in [-0.05, 0) is 0 Å². The quantitative estimate of drug-likeness (QED) is 0.543. The van der Waals surface area contributed by atoms with Crippen LogP contribution in [0.5, 0.6) is 0 Å². The number of hydrogen-bond acceptors (Lipinski definition) is 3. The van der Waals surface area contributed by atoms with Crippen molar-refractivity contribution in [1.82, 2.24) is 0 Å². The van der Waals surface area contributed by atoms with Crippen molar-refractivity contribution in [3.05, 3.63) is 18.2 Å². The molecule has 1 rings (SSSR count). The third kappa shape index (κ3) is 4.03.